The highest BCUT2D eigenvalue weighted by Crippen LogP contribution is 2.42. The number of carbonyl (C=O) groups is 1. The van der Waals surface area contributed by atoms with Crippen molar-refractivity contribution in [2.45, 2.75) is 31.1 Å². The highest BCUT2D eigenvalue weighted by atomic mass is 16.4. The molecular weight excluding hydrogens is 226 g/mol. The van der Waals surface area contributed by atoms with Gasteiger partial charge in [-0.25, -0.2) is 0 Å². The molecular formula is C15H15NO2. The molecule has 0 atom stereocenters. The van der Waals surface area contributed by atoms with E-state index in [2.05, 4.69) is 4.98 Å². The Balaban J connectivity index is 2.15. The standard InChI is InChI=1S/C15H15NO2/c17-14(18)15(6-1-2-7-15)13-4-3-12-10-16-8-5-11(12)9-13/h3-5,8-10H,1-2,6-7H2,(H,17,18). The first-order chi connectivity index (χ1) is 8.72. The van der Waals surface area contributed by atoms with Gasteiger partial charge in [0.15, 0.2) is 0 Å². The Morgan fingerprint density at radius 1 is 1.17 bits per heavy atom. The first kappa shape index (κ1) is 11.2. The summed E-state index contributed by atoms with van der Waals surface area (Å²) in [6, 6.07) is 7.86. The molecule has 2 aromatic rings. The summed E-state index contributed by atoms with van der Waals surface area (Å²) in [5, 5.41) is 11.7. The number of aliphatic carboxylic acids is 1. The number of nitrogens with zero attached hydrogens (tertiary/aromatic N) is 1. The molecule has 0 radical (unpaired) electrons. The van der Waals surface area contributed by atoms with E-state index in [1.165, 1.54) is 0 Å². The SMILES string of the molecule is O=C(O)C1(c2ccc3cnccc3c2)CCCC1. The van der Waals surface area contributed by atoms with Crippen LogP contribution in [-0.4, -0.2) is 16.1 Å². The van der Waals surface area contributed by atoms with Crippen molar-refractivity contribution in [2.24, 2.45) is 0 Å². The van der Waals surface area contributed by atoms with Crippen molar-refractivity contribution in [2.75, 3.05) is 0 Å². The van der Waals surface area contributed by atoms with Gasteiger partial charge in [-0.1, -0.05) is 25.0 Å². The Morgan fingerprint density at radius 2 is 1.94 bits per heavy atom. The number of fused-ring (bicyclic) bond motifs is 1. The highest BCUT2D eigenvalue weighted by Gasteiger charge is 2.42. The van der Waals surface area contributed by atoms with Gasteiger partial charge in [-0.3, -0.25) is 9.78 Å². The van der Waals surface area contributed by atoms with Crippen molar-refractivity contribution in [3.63, 3.8) is 0 Å². The van der Waals surface area contributed by atoms with Crippen LogP contribution in [0.15, 0.2) is 36.7 Å². The number of hydrogen-bond donors (Lipinski definition) is 1. The minimum atomic E-state index is -0.687. The molecule has 3 rings (SSSR count). The number of pyridine rings is 1. The van der Waals surface area contributed by atoms with Gasteiger partial charge in [0.05, 0.1) is 5.41 Å². The van der Waals surface area contributed by atoms with E-state index in [1.54, 1.807) is 12.4 Å². The second kappa shape index (κ2) is 4.09. The van der Waals surface area contributed by atoms with Crippen LogP contribution in [-0.2, 0) is 10.2 Å². The summed E-state index contributed by atoms with van der Waals surface area (Å²) in [7, 11) is 0. The van der Waals surface area contributed by atoms with Gasteiger partial charge in [0.25, 0.3) is 0 Å². The Hall–Kier alpha value is -1.90. The zero-order chi connectivity index (χ0) is 12.6. The Kier molecular flexibility index (Phi) is 2.54. The third kappa shape index (κ3) is 1.58. The van der Waals surface area contributed by atoms with E-state index >= 15 is 0 Å². The molecule has 0 aliphatic heterocycles. The number of carboxylic acids is 1. The van der Waals surface area contributed by atoms with Crippen molar-refractivity contribution < 1.29 is 9.90 Å². The average Bonchev–Trinajstić information content (AvgIpc) is 2.89. The summed E-state index contributed by atoms with van der Waals surface area (Å²) in [5.41, 5.74) is 0.267. The van der Waals surface area contributed by atoms with Gasteiger partial charge in [0.1, 0.15) is 0 Å². The fraction of sp³-hybridized carbons (Fsp3) is 0.333. The maximum atomic E-state index is 11.6. The normalized spacial score (nSPS) is 18.0. The number of hydrogen-bond acceptors (Lipinski definition) is 2. The van der Waals surface area contributed by atoms with Crippen LogP contribution in [0.3, 0.4) is 0 Å². The highest BCUT2D eigenvalue weighted by molar-refractivity contribution is 5.87. The molecule has 0 spiro atoms. The molecule has 0 bridgehead atoms. The molecule has 1 aromatic heterocycles. The molecule has 0 amide bonds. The van der Waals surface area contributed by atoms with Crippen LogP contribution >= 0.6 is 0 Å². The molecule has 1 aromatic carbocycles. The first-order valence-electron chi connectivity index (χ1n) is 6.30. The van der Waals surface area contributed by atoms with Crippen LogP contribution in [0, 0.1) is 0 Å². The minimum Gasteiger partial charge on any atom is -0.481 e. The number of benzene rings is 1. The van der Waals surface area contributed by atoms with Gasteiger partial charge in [-0.2, -0.15) is 0 Å². The van der Waals surface area contributed by atoms with Crippen molar-refractivity contribution >= 4 is 16.7 Å². The summed E-state index contributed by atoms with van der Waals surface area (Å²) in [4.78, 5) is 15.7. The van der Waals surface area contributed by atoms with Crippen molar-refractivity contribution in [3.05, 3.63) is 42.2 Å². The average molecular weight is 241 g/mol. The molecule has 1 N–H and O–H groups in total. The fourth-order valence-electron chi connectivity index (χ4n) is 2.99. The largest absolute Gasteiger partial charge is 0.481 e. The van der Waals surface area contributed by atoms with Gasteiger partial charge in [-0.05, 0) is 35.9 Å². The van der Waals surface area contributed by atoms with Gasteiger partial charge >= 0.3 is 5.97 Å². The monoisotopic (exact) mass is 241 g/mol. The van der Waals surface area contributed by atoms with E-state index in [9.17, 15) is 9.90 Å². The topological polar surface area (TPSA) is 50.2 Å². The van der Waals surface area contributed by atoms with Crippen molar-refractivity contribution in [3.8, 4) is 0 Å². The number of aromatic nitrogens is 1. The van der Waals surface area contributed by atoms with Crippen LogP contribution in [0.1, 0.15) is 31.2 Å². The zero-order valence-corrected chi connectivity index (χ0v) is 10.1. The minimum absolute atomic E-state index is 0.669. The second-order valence-electron chi connectivity index (χ2n) is 5.03. The molecule has 1 aliphatic rings. The van der Waals surface area contributed by atoms with Gasteiger partial charge in [-0.15, -0.1) is 0 Å². The molecule has 0 unspecified atom stereocenters. The van der Waals surface area contributed by atoms with Gasteiger partial charge in [0, 0.05) is 17.8 Å². The van der Waals surface area contributed by atoms with Gasteiger partial charge in [0.2, 0.25) is 0 Å². The van der Waals surface area contributed by atoms with Crippen LogP contribution in [0.5, 0.6) is 0 Å². The third-order valence-electron chi connectivity index (χ3n) is 4.06. The molecule has 0 saturated heterocycles. The molecule has 1 fully saturated rings. The maximum absolute atomic E-state index is 11.6. The summed E-state index contributed by atoms with van der Waals surface area (Å²) >= 11 is 0. The quantitative estimate of drug-likeness (QED) is 0.878. The van der Waals surface area contributed by atoms with Gasteiger partial charge < -0.3 is 5.11 Å². The number of rotatable bonds is 2. The Bertz CT molecular complexity index is 600. The lowest BCUT2D eigenvalue weighted by Crippen LogP contribution is -2.32. The van der Waals surface area contributed by atoms with Crippen LogP contribution in [0.4, 0.5) is 0 Å². The molecule has 18 heavy (non-hydrogen) atoms. The molecule has 3 nitrogen and oxygen atoms in total. The molecule has 92 valence electrons. The summed E-state index contributed by atoms with van der Waals surface area (Å²) in [6.07, 6.45) is 7.05. The summed E-state index contributed by atoms with van der Waals surface area (Å²) in [6.45, 7) is 0. The summed E-state index contributed by atoms with van der Waals surface area (Å²) in [5.74, 6) is -0.687. The van der Waals surface area contributed by atoms with Crippen LogP contribution in [0.2, 0.25) is 0 Å². The molecule has 3 heteroatoms. The van der Waals surface area contributed by atoms with Crippen LogP contribution in [0.25, 0.3) is 10.8 Å². The van der Waals surface area contributed by atoms with Crippen molar-refractivity contribution in [1.29, 1.82) is 0 Å². The molecule has 1 heterocycles. The Labute approximate surface area is 105 Å². The van der Waals surface area contributed by atoms with Crippen LogP contribution < -0.4 is 0 Å². The second-order valence-corrected chi connectivity index (χ2v) is 5.03. The molecule has 1 aliphatic carbocycles. The van der Waals surface area contributed by atoms with E-state index in [-0.39, 0.29) is 0 Å². The predicted molar refractivity (Wildman–Crippen MR) is 69.5 cm³/mol. The predicted octanol–water partition coefficient (Wildman–Crippen LogP) is 3.13. The first-order valence-corrected chi connectivity index (χ1v) is 6.30. The lowest BCUT2D eigenvalue weighted by molar-refractivity contribution is -0.143. The van der Waals surface area contributed by atoms with E-state index in [4.69, 9.17) is 0 Å². The van der Waals surface area contributed by atoms with E-state index in [1.807, 2.05) is 24.3 Å². The molecule has 1 saturated carbocycles. The van der Waals surface area contributed by atoms with E-state index < -0.39 is 11.4 Å². The Morgan fingerprint density at radius 3 is 2.67 bits per heavy atom. The fourth-order valence-corrected chi connectivity index (χ4v) is 2.99. The lowest BCUT2D eigenvalue weighted by atomic mass is 9.78. The third-order valence-corrected chi connectivity index (χ3v) is 4.06. The van der Waals surface area contributed by atoms with E-state index in [0.29, 0.717) is 0 Å². The number of carboxylic acid groups (broad SMARTS) is 1. The summed E-state index contributed by atoms with van der Waals surface area (Å²) < 4.78 is 0. The smallest absolute Gasteiger partial charge is 0.314 e. The van der Waals surface area contributed by atoms with E-state index in [0.717, 1.165) is 42.0 Å². The van der Waals surface area contributed by atoms with Crippen molar-refractivity contribution in [1.82, 2.24) is 4.98 Å². The lowest BCUT2D eigenvalue weighted by Gasteiger charge is -2.24. The zero-order valence-electron chi connectivity index (χ0n) is 10.1. The maximum Gasteiger partial charge on any atom is 0.314 e.